The fraction of sp³-hybridized carbons (Fsp3) is 0.909. The highest BCUT2D eigenvalue weighted by Gasteiger charge is 2.41. The van der Waals surface area contributed by atoms with Crippen LogP contribution < -0.4 is 5.73 Å². The molecule has 0 saturated carbocycles. The van der Waals surface area contributed by atoms with Crippen molar-refractivity contribution in [2.75, 3.05) is 26.3 Å². The van der Waals surface area contributed by atoms with E-state index in [-0.39, 0.29) is 11.4 Å². The fourth-order valence-electron chi connectivity index (χ4n) is 2.54. The number of carbonyl (C=O) groups excluding carboxylic acids is 1. The summed E-state index contributed by atoms with van der Waals surface area (Å²) in [4.78, 5) is 13.9. The third-order valence-electron chi connectivity index (χ3n) is 3.76. The predicted molar refractivity (Wildman–Crippen MR) is 57.3 cm³/mol. The van der Waals surface area contributed by atoms with Gasteiger partial charge in [-0.05, 0) is 32.2 Å². The lowest BCUT2D eigenvalue weighted by atomic mass is 9.90. The van der Waals surface area contributed by atoms with E-state index in [1.54, 1.807) is 0 Å². The minimum atomic E-state index is 0.0131. The van der Waals surface area contributed by atoms with Gasteiger partial charge in [0.15, 0.2) is 0 Å². The Hall–Kier alpha value is -0.610. The number of nitrogens with zero attached hydrogens (tertiary/aromatic N) is 1. The molecular weight excluding hydrogens is 192 g/mol. The van der Waals surface area contributed by atoms with Crippen molar-refractivity contribution in [1.82, 2.24) is 4.90 Å². The van der Waals surface area contributed by atoms with Crippen molar-refractivity contribution in [3.05, 3.63) is 0 Å². The van der Waals surface area contributed by atoms with Crippen molar-refractivity contribution >= 4 is 5.91 Å². The van der Waals surface area contributed by atoms with Gasteiger partial charge in [-0.3, -0.25) is 4.79 Å². The van der Waals surface area contributed by atoms with Gasteiger partial charge >= 0.3 is 0 Å². The highest BCUT2D eigenvalue weighted by molar-refractivity contribution is 5.79. The smallest absolute Gasteiger partial charge is 0.223 e. The number of rotatable bonds is 2. The lowest BCUT2D eigenvalue weighted by molar-refractivity contribution is -0.136. The van der Waals surface area contributed by atoms with E-state index in [2.05, 4.69) is 6.92 Å². The van der Waals surface area contributed by atoms with E-state index in [0.717, 1.165) is 32.6 Å². The van der Waals surface area contributed by atoms with E-state index >= 15 is 0 Å². The standard InChI is InChI=1S/C11H20N2O2/c1-11(2-4-15-5-3-11)13-8-9(7-12)6-10(13)14/h9H,2-8,12H2,1H3. The van der Waals surface area contributed by atoms with Gasteiger partial charge in [0, 0.05) is 31.7 Å². The van der Waals surface area contributed by atoms with E-state index in [0.29, 0.717) is 18.9 Å². The maximum Gasteiger partial charge on any atom is 0.223 e. The van der Waals surface area contributed by atoms with Crippen molar-refractivity contribution in [3.8, 4) is 0 Å². The molecule has 2 N–H and O–H groups in total. The van der Waals surface area contributed by atoms with Gasteiger partial charge in [0.25, 0.3) is 0 Å². The molecule has 2 fully saturated rings. The van der Waals surface area contributed by atoms with Crippen molar-refractivity contribution in [2.45, 2.75) is 31.7 Å². The van der Waals surface area contributed by atoms with Crippen LogP contribution in [0.5, 0.6) is 0 Å². The molecule has 4 nitrogen and oxygen atoms in total. The maximum absolute atomic E-state index is 11.9. The third kappa shape index (κ3) is 2.01. The summed E-state index contributed by atoms with van der Waals surface area (Å²) in [6.45, 7) is 5.17. The number of hydrogen-bond donors (Lipinski definition) is 1. The monoisotopic (exact) mass is 212 g/mol. The largest absolute Gasteiger partial charge is 0.381 e. The molecule has 2 rings (SSSR count). The first kappa shape index (κ1) is 10.9. The number of nitrogens with two attached hydrogens (primary N) is 1. The van der Waals surface area contributed by atoms with Gasteiger partial charge in [-0.15, -0.1) is 0 Å². The molecule has 1 atom stereocenters. The second-order valence-electron chi connectivity index (χ2n) is 4.92. The average Bonchev–Trinajstić information content (AvgIpc) is 2.61. The SMILES string of the molecule is CC1(N2CC(CN)CC2=O)CCOCC1. The first-order valence-electron chi connectivity index (χ1n) is 5.74. The summed E-state index contributed by atoms with van der Waals surface area (Å²) in [5, 5.41) is 0. The summed E-state index contributed by atoms with van der Waals surface area (Å²) < 4.78 is 5.35. The highest BCUT2D eigenvalue weighted by Crippen LogP contribution is 2.32. The molecule has 2 aliphatic heterocycles. The van der Waals surface area contributed by atoms with Crippen LogP contribution >= 0.6 is 0 Å². The molecule has 0 radical (unpaired) electrons. The van der Waals surface area contributed by atoms with E-state index in [1.165, 1.54) is 0 Å². The van der Waals surface area contributed by atoms with Crippen molar-refractivity contribution < 1.29 is 9.53 Å². The van der Waals surface area contributed by atoms with Crippen LogP contribution in [-0.4, -0.2) is 42.6 Å². The summed E-state index contributed by atoms with van der Waals surface area (Å²) >= 11 is 0. The van der Waals surface area contributed by atoms with Gasteiger partial charge in [0.1, 0.15) is 0 Å². The number of likely N-dealkylation sites (tertiary alicyclic amines) is 1. The van der Waals surface area contributed by atoms with E-state index < -0.39 is 0 Å². The van der Waals surface area contributed by atoms with Crippen LogP contribution in [0.15, 0.2) is 0 Å². The Morgan fingerprint density at radius 3 is 2.73 bits per heavy atom. The normalized spacial score (nSPS) is 30.9. The Morgan fingerprint density at radius 1 is 1.53 bits per heavy atom. The summed E-state index contributed by atoms with van der Waals surface area (Å²) in [5.41, 5.74) is 5.64. The van der Waals surface area contributed by atoms with Crippen molar-refractivity contribution in [2.24, 2.45) is 11.7 Å². The summed E-state index contributed by atoms with van der Waals surface area (Å²) in [7, 11) is 0. The molecule has 4 heteroatoms. The summed E-state index contributed by atoms with van der Waals surface area (Å²) in [6.07, 6.45) is 2.54. The minimum Gasteiger partial charge on any atom is -0.381 e. The zero-order valence-corrected chi connectivity index (χ0v) is 9.37. The Bertz CT molecular complexity index is 249. The van der Waals surface area contributed by atoms with Gasteiger partial charge in [0.2, 0.25) is 5.91 Å². The topological polar surface area (TPSA) is 55.6 Å². The van der Waals surface area contributed by atoms with E-state index in [1.807, 2.05) is 4.90 Å². The van der Waals surface area contributed by atoms with Crippen molar-refractivity contribution in [3.63, 3.8) is 0 Å². The molecule has 15 heavy (non-hydrogen) atoms. The lowest BCUT2D eigenvalue weighted by Gasteiger charge is -2.41. The molecule has 1 amide bonds. The number of carbonyl (C=O) groups is 1. The minimum absolute atomic E-state index is 0.0131. The van der Waals surface area contributed by atoms with E-state index in [9.17, 15) is 4.79 Å². The molecule has 0 bridgehead atoms. The molecular formula is C11H20N2O2. The molecule has 2 saturated heterocycles. The predicted octanol–water partition coefficient (Wildman–Crippen LogP) is 0.363. The first-order valence-corrected chi connectivity index (χ1v) is 5.74. The summed E-state index contributed by atoms with van der Waals surface area (Å²) in [6, 6.07) is 0. The second-order valence-corrected chi connectivity index (χ2v) is 4.92. The van der Waals surface area contributed by atoms with Gasteiger partial charge in [0.05, 0.1) is 0 Å². The highest BCUT2D eigenvalue weighted by atomic mass is 16.5. The van der Waals surface area contributed by atoms with Crippen LogP contribution in [0.1, 0.15) is 26.2 Å². The molecule has 0 aromatic carbocycles. The second kappa shape index (κ2) is 4.10. The van der Waals surface area contributed by atoms with Crippen LogP contribution in [0.25, 0.3) is 0 Å². The van der Waals surface area contributed by atoms with Crippen LogP contribution in [0.2, 0.25) is 0 Å². The van der Waals surface area contributed by atoms with Gasteiger partial charge in [-0.2, -0.15) is 0 Å². The molecule has 2 heterocycles. The molecule has 0 aliphatic carbocycles. The Morgan fingerprint density at radius 2 is 2.20 bits per heavy atom. The molecule has 0 aromatic rings. The van der Waals surface area contributed by atoms with E-state index in [4.69, 9.17) is 10.5 Å². The molecule has 0 spiro atoms. The zero-order chi connectivity index (χ0) is 10.9. The average molecular weight is 212 g/mol. The Balaban J connectivity index is 2.06. The third-order valence-corrected chi connectivity index (χ3v) is 3.76. The summed E-state index contributed by atoms with van der Waals surface area (Å²) in [5.74, 6) is 0.631. The Labute approximate surface area is 90.8 Å². The van der Waals surface area contributed by atoms with Gasteiger partial charge in [-0.1, -0.05) is 0 Å². The lowest BCUT2D eigenvalue weighted by Crippen LogP contribution is -2.50. The fourth-order valence-corrected chi connectivity index (χ4v) is 2.54. The molecule has 86 valence electrons. The molecule has 1 unspecified atom stereocenters. The molecule has 0 aromatic heterocycles. The first-order chi connectivity index (χ1) is 7.15. The molecule has 2 aliphatic rings. The Kier molecular flexibility index (Phi) is 2.98. The van der Waals surface area contributed by atoms with Gasteiger partial charge < -0.3 is 15.4 Å². The van der Waals surface area contributed by atoms with Crippen LogP contribution in [0, 0.1) is 5.92 Å². The number of hydrogen-bond acceptors (Lipinski definition) is 3. The maximum atomic E-state index is 11.9. The van der Waals surface area contributed by atoms with Crippen LogP contribution in [-0.2, 0) is 9.53 Å². The quantitative estimate of drug-likeness (QED) is 0.719. The van der Waals surface area contributed by atoms with Crippen molar-refractivity contribution in [1.29, 1.82) is 0 Å². The van der Waals surface area contributed by atoms with Crippen LogP contribution in [0.3, 0.4) is 0 Å². The number of amides is 1. The van der Waals surface area contributed by atoms with Crippen LogP contribution in [0.4, 0.5) is 0 Å². The zero-order valence-electron chi connectivity index (χ0n) is 9.37. The van der Waals surface area contributed by atoms with Gasteiger partial charge in [-0.25, -0.2) is 0 Å². The number of ether oxygens (including phenoxy) is 1.